The van der Waals surface area contributed by atoms with E-state index >= 15 is 13.2 Å². The highest BCUT2D eigenvalue weighted by atomic mass is 32.2. The molecule has 0 aliphatic carbocycles. The van der Waals surface area contributed by atoms with Crippen LogP contribution in [0.4, 0.5) is 36.8 Å². The van der Waals surface area contributed by atoms with Crippen LogP contribution in [0.25, 0.3) is 22.7 Å². The average molecular weight is 754 g/mol. The van der Waals surface area contributed by atoms with Gasteiger partial charge in [-0.3, -0.25) is 9.78 Å². The zero-order valence-electron chi connectivity index (χ0n) is 28.6. The van der Waals surface area contributed by atoms with Crippen LogP contribution in [0, 0.1) is 5.82 Å². The minimum absolute atomic E-state index is 0.204. The fourth-order valence-electron chi connectivity index (χ4n) is 5.16. The molecule has 0 spiro atoms. The molecule has 1 N–H and O–H groups in total. The number of aromatic nitrogens is 3. The van der Waals surface area contributed by atoms with Crippen LogP contribution < -0.4 is 10.2 Å². The van der Waals surface area contributed by atoms with Gasteiger partial charge in [-0.05, 0) is 64.4 Å². The number of alkyl halides is 5. The lowest BCUT2D eigenvalue weighted by Crippen LogP contribution is -2.49. The lowest BCUT2D eigenvalue weighted by Gasteiger charge is -2.27. The van der Waals surface area contributed by atoms with Crippen molar-refractivity contribution in [2.24, 2.45) is 0 Å². The van der Waals surface area contributed by atoms with Crippen molar-refractivity contribution >= 4 is 27.5 Å². The van der Waals surface area contributed by atoms with Gasteiger partial charge in [0.15, 0.2) is 9.84 Å². The quantitative estimate of drug-likeness (QED) is 0.195. The topological polar surface area (TPSA) is 145 Å². The third-order valence-electron chi connectivity index (χ3n) is 8.26. The molecule has 1 unspecified atom stereocenters. The Bertz CT molecular complexity index is 2110. The van der Waals surface area contributed by atoms with Gasteiger partial charge >= 0.3 is 12.3 Å². The largest absolute Gasteiger partial charge is 0.444 e. The molecule has 0 fully saturated rings. The van der Waals surface area contributed by atoms with Crippen molar-refractivity contribution in [3.05, 3.63) is 83.1 Å². The number of anilines is 1. The minimum Gasteiger partial charge on any atom is -0.444 e. The number of sulfone groups is 1. The van der Waals surface area contributed by atoms with Gasteiger partial charge < -0.3 is 19.4 Å². The van der Waals surface area contributed by atoms with Gasteiger partial charge in [-0.15, -0.1) is 10.2 Å². The van der Waals surface area contributed by atoms with E-state index in [9.17, 15) is 31.2 Å². The van der Waals surface area contributed by atoms with Gasteiger partial charge in [0.2, 0.25) is 11.8 Å². The van der Waals surface area contributed by atoms with E-state index in [-0.39, 0.29) is 5.69 Å². The van der Waals surface area contributed by atoms with Gasteiger partial charge in [-0.2, -0.15) is 13.2 Å². The second kappa shape index (κ2) is 13.2. The molecule has 1 aliphatic rings. The number of alkyl carbamates (subject to hydrolysis) is 1. The Morgan fingerprint density at radius 1 is 1.04 bits per heavy atom. The number of pyridine rings is 1. The van der Waals surface area contributed by atoms with E-state index in [4.69, 9.17) is 9.15 Å². The summed E-state index contributed by atoms with van der Waals surface area (Å²) in [5.74, 6) is -7.11. The van der Waals surface area contributed by atoms with E-state index < -0.39 is 103 Å². The van der Waals surface area contributed by atoms with Gasteiger partial charge in [0.1, 0.15) is 22.2 Å². The summed E-state index contributed by atoms with van der Waals surface area (Å²) in [6.45, 7) is 6.76. The van der Waals surface area contributed by atoms with Crippen LogP contribution in [-0.2, 0) is 42.8 Å². The SMILES string of the molecule is CC(C)(C)OC(=O)NC1CC(F)(F)c2cc(F)c(-c3nnc(C(C)(C)S(C)(=O)=O)o3)cc2N(Cc2ccc(-c3ccc(C(F)(F)F)cn3)cc2)C1=O. The summed E-state index contributed by atoms with van der Waals surface area (Å²) in [6.07, 6.45) is -5.39. The van der Waals surface area contributed by atoms with Crippen molar-refractivity contribution in [1.29, 1.82) is 0 Å². The van der Waals surface area contributed by atoms with Gasteiger partial charge in [0.25, 0.3) is 11.8 Å². The summed E-state index contributed by atoms with van der Waals surface area (Å²) in [5, 5.41) is 9.70. The third-order valence-corrected chi connectivity index (χ3v) is 10.3. The fraction of sp³-hybridized carbons (Fsp3) is 0.382. The summed E-state index contributed by atoms with van der Waals surface area (Å²) in [6, 6.07) is 7.57. The predicted molar refractivity (Wildman–Crippen MR) is 175 cm³/mol. The number of nitrogens with one attached hydrogen (secondary N) is 1. The molecule has 278 valence electrons. The van der Waals surface area contributed by atoms with Gasteiger partial charge in [-0.25, -0.2) is 26.4 Å². The molecule has 0 bridgehead atoms. The van der Waals surface area contributed by atoms with Crippen LogP contribution in [0.1, 0.15) is 63.6 Å². The monoisotopic (exact) mass is 753 g/mol. The molecule has 18 heteroatoms. The van der Waals surface area contributed by atoms with Crippen molar-refractivity contribution in [1.82, 2.24) is 20.5 Å². The second-order valence-electron chi connectivity index (χ2n) is 13.7. The molecule has 2 aromatic heterocycles. The zero-order chi connectivity index (χ0) is 38.6. The van der Waals surface area contributed by atoms with E-state index in [2.05, 4.69) is 20.5 Å². The summed E-state index contributed by atoms with van der Waals surface area (Å²) in [7, 11) is -3.81. The van der Waals surface area contributed by atoms with Crippen LogP contribution >= 0.6 is 0 Å². The average Bonchev–Trinajstić information content (AvgIpc) is 3.50. The molecule has 2 aromatic carbocycles. The first-order chi connectivity index (χ1) is 23.9. The van der Waals surface area contributed by atoms with Crippen molar-refractivity contribution in [3.63, 3.8) is 0 Å². The van der Waals surface area contributed by atoms with Gasteiger partial charge in [0.05, 0.1) is 29.1 Å². The Balaban J connectivity index is 1.58. The summed E-state index contributed by atoms with van der Waals surface area (Å²) >= 11 is 0. The minimum atomic E-state index is -4.58. The first kappa shape index (κ1) is 38.2. The van der Waals surface area contributed by atoms with E-state index in [1.54, 1.807) is 0 Å². The zero-order valence-corrected chi connectivity index (χ0v) is 29.4. The van der Waals surface area contributed by atoms with Crippen LogP contribution in [-0.4, -0.2) is 53.5 Å². The third kappa shape index (κ3) is 7.90. The number of nitrogens with zero attached hydrogens (tertiary/aromatic N) is 4. The molecule has 1 aliphatic heterocycles. The molecular formula is C34H33F6N5O6S. The van der Waals surface area contributed by atoms with E-state index in [0.717, 1.165) is 23.3 Å². The molecule has 3 heterocycles. The molecule has 11 nitrogen and oxygen atoms in total. The lowest BCUT2D eigenvalue weighted by molar-refractivity contribution is -0.137. The van der Waals surface area contributed by atoms with E-state index in [1.165, 1.54) is 65.0 Å². The molecular weight excluding hydrogens is 720 g/mol. The number of hydrogen-bond donors (Lipinski definition) is 1. The molecule has 5 rings (SSSR count). The summed E-state index contributed by atoms with van der Waals surface area (Å²) in [4.78, 5) is 31.5. The molecule has 4 aromatic rings. The first-order valence-electron chi connectivity index (χ1n) is 15.6. The molecule has 52 heavy (non-hydrogen) atoms. The number of ether oxygens (including phenoxy) is 1. The highest BCUT2D eigenvalue weighted by molar-refractivity contribution is 7.91. The Labute approximate surface area is 294 Å². The molecule has 0 saturated heterocycles. The first-order valence-corrected chi connectivity index (χ1v) is 17.5. The number of hydrogen-bond acceptors (Lipinski definition) is 9. The van der Waals surface area contributed by atoms with Crippen LogP contribution in [0.3, 0.4) is 0 Å². The highest BCUT2D eigenvalue weighted by Crippen LogP contribution is 2.45. The Morgan fingerprint density at radius 3 is 2.25 bits per heavy atom. The van der Waals surface area contributed by atoms with E-state index in [1.807, 2.05) is 0 Å². The normalized spacial score (nSPS) is 16.7. The Kier molecular flexibility index (Phi) is 9.71. The molecule has 0 radical (unpaired) electrons. The lowest BCUT2D eigenvalue weighted by atomic mass is 9.99. The Morgan fingerprint density at radius 2 is 1.69 bits per heavy atom. The van der Waals surface area contributed by atoms with Crippen molar-refractivity contribution in [2.75, 3.05) is 11.2 Å². The summed E-state index contributed by atoms with van der Waals surface area (Å²) < 4.78 is 120. The van der Waals surface area contributed by atoms with Gasteiger partial charge in [-0.1, -0.05) is 24.3 Å². The van der Waals surface area contributed by atoms with E-state index in [0.29, 0.717) is 23.4 Å². The maximum Gasteiger partial charge on any atom is 0.417 e. The van der Waals surface area contributed by atoms with Gasteiger partial charge in [0, 0.05) is 30.0 Å². The fourth-order valence-corrected chi connectivity index (χ4v) is 5.56. The maximum absolute atomic E-state index is 16.0. The van der Waals surface area contributed by atoms with Crippen LogP contribution in [0.5, 0.6) is 0 Å². The molecule has 2 amide bonds. The van der Waals surface area contributed by atoms with Crippen molar-refractivity contribution in [2.45, 2.75) is 76.1 Å². The van der Waals surface area contributed by atoms with Crippen molar-refractivity contribution < 1.29 is 53.5 Å². The number of carbonyl (C=O) groups excluding carboxylic acids is 2. The Hall–Kier alpha value is -5.00. The number of carbonyl (C=O) groups is 2. The van der Waals surface area contributed by atoms with Crippen LogP contribution in [0.2, 0.25) is 0 Å². The smallest absolute Gasteiger partial charge is 0.417 e. The second-order valence-corrected chi connectivity index (χ2v) is 16.3. The van der Waals surface area contributed by atoms with Crippen molar-refractivity contribution in [3.8, 4) is 22.7 Å². The standard InChI is InChI=1S/C34H33F6N5O6S/c1-31(2,3)51-30(47)42-25-15-33(36,37)22-14-23(35)21(27-43-44-29(50-27)32(4,5)52(6,48)49)13-26(22)45(28(25)46)17-18-7-9-19(10-8-18)24-12-11-20(16-41-24)34(38,39)40/h7-14,16,25H,15,17H2,1-6H3,(H,42,47). The van der Waals surface area contributed by atoms with Crippen LogP contribution in [0.15, 0.2) is 59.1 Å². The molecule has 0 saturated carbocycles. The number of rotatable bonds is 7. The maximum atomic E-state index is 16.0. The number of fused-ring (bicyclic) bond motifs is 1. The predicted octanol–water partition coefficient (Wildman–Crippen LogP) is 7.16. The molecule has 1 atom stereocenters. The number of benzene rings is 2. The summed E-state index contributed by atoms with van der Waals surface area (Å²) in [5.41, 5.74) is -2.93. The highest BCUT2D eigenvalue weighted by Gasteiger charge is 2.47. The number of halogens is 6. The number of amides is 2.